The van der Waals surface area contributed by atoms with Crippen molar-refractivity contribution < 1.29 is 10.1 Å². The van der Waals surface area contributed by atoms with Gasteiger partial charge >= 0.3 is 0 Å². The minimum absolute atomic E-state index is 0.0236. The lowest BCUT2D eigenvalue weighted by atomic mass is 9.75. The standard InChI is InChI=1S/C26H38N2O/c1-26(2)19-24(15-17-29-26)23(18-21-8-6-5-7-9-21)14-16-27-20-22-10-12-25(13-11-22)28(3)4/h5-13,23-24,27H,14-20H2,1-4H3/p+1/t23-,24-/m1/s1. The van der Waals surface area contributed by atoms with E-state index in [9.17, 15) is 0 Å². The molecule has 2 atom stereocenters. The van der Waals surface area contributed by atoms with Crippen LogP contribution in [-0.4, -0.2) is 32.8 Å². The van der Waals surface area contributed by atoms with Crippen molar-refractivity contribution in [1.82, 2.24) is 0 Å². The lowest BCUT2D eigenvalue weighted by Gasteiger charge is -2.39. The van der Waals surface area contributed by atoms with E-state index >= 15 is 0 Å². The molecule has 3 nitrogen and oxygen atoms in total. The summed E-state index contributed by atoms with van der Waals surface area (Å²) in [6, 6.07) is 20.0. The van der Waals surface area contributed by atoms with Crippen LogP contribution < -0.4 is 10.2 Å². The van der Waals surface area contributed by atoms with E-state index in [0.29, 0.717) is 0 Å². The molecule has 1 aliphatic heterocycles. The molecule has 0 unspecified atom stereocenters. The molecule has 1 aliphatic rings. The van der Waals surface area contributed by atoms with Crippen molar-refractivity contribution in [3.63, 3.8) is 0 Å². The third kappa shape index (κ3) is 6.87. The smallest absolute Gasteiger partial charge is 0.101 e. The van der Waals surface area contributed by atoms with E-state index in [1.54, 1.807) is 0 Å². The Morgan fingerprint density at radius 2 is 1.76 bits per heavy atom. The Morgan fingerprint density at radius 1 is 1.03 bits per heavy atom. The molecular formula is C26H39N2O+. The van der Waals surface area contributed by atoms with Crippen LogP contribution >= 0.6 is 0 Å². The first-order chi connectivity index (χ1) is 13.9. The van der Waals surface area contributed by atoms with Crippen LogP contribution in [0.15, 0.2) is 54.6 Å². The van der Waals surface area contributed by atoms with Crippen molar-refractivity contribution in [3.8, 4) is 0 Å². The molecule has 0 radical (unpaired) electrons. The molecule has 1 fully saturated rings. The summed E-state index contributed by atoms with van der Waals surface area (Å²) in [7, 11) is 4.18. The van der Waals surface area contributed by atoms with Gasteiger partial charge in [0, 0.05) is 32.0 Å². The number of nitrogens with two attached hydrogens (primary N) is 1. The molecule has 3 heteroatoms. The summed E-state index contributed by atoms with van der Waals surface area (Å²) >= 11 is 0. The maximum absolute atomic E-state index is 5.99. The van der Waals surface area contributed by atoms with Crippen LogP contribution in [0.3, 0.4) is 0 Å². The van der Waals surface area contributed by atoms with Gasteiger partial charge in [0.25, 0.3) is 0 Å². The molecule has 0 amide bonds. The number of ether oxygens (including phenoxy) is 1. The summed E-state index contributed by atoms with van der Waals surface area (Å²) in [5.41, 5.74) is 4.16. The van der Waals surface area contributed by atoms with E-state index in [0.717, 1.165) is 25.0 Å². The van der Waals surface area contributed by atoms with Crippen molar-refractivity contribution in [1.29, 1.82) is 0 Å². The van der Waals surface area contributed by atoms with E-state index in [1.165, 1.54) is 49.0 Å². The molecule has 158 valence electrons. The number of quaternary nitrogens is 1. The molecule has 1 saturated heterocycles. The van der Waals surface area contributed by atoms with Crippen molar-refractivity contribution in [3.05, 3.63) is 65.7 Å². The second kappa shape index (κ2) is 10.3. The average molecular weight is 396 g/mol. The summed E-state index contributed by atoms with van der Waals surface area (Å²) in [5, 5.41) is 2.48. The quantitative estimate of drug-likeness (QED) is 0.643. The number of benzene rings is 2. The van der Waals surface area contributed by atoms with Gasteiger partial charge in [0.15, 0.2) is 0 Å². The molecule has 0 saturated carbocycles. The van der Waals surface area contributed by atoms with Gasteiger partial charge in [0.2, 0.25) is 0 Å². The summed E-state index contributed by atoms with van der Waals surface area (Å²) in [4.78, 5) is 2.15. The minimum Gasteiger partial charge on any atom is -0.378 e. The van der Waals surface area contributed by atoms with Gasteiger partial charge in [-0.25, -0.2) is 0 Å². The zero-order valence-corrected chi connectivity index (χ0v) is 18.7. The maximum Gasteiger partial charge on any atom is 0.101 e. The Balaban J connectivity index is 1.55. The zero-order valence-electron chi connectivity index (χ0n) is 18.7. The molecule has 0 aromatic heterocycles. The number of hydrogen-bond acceptors (Lipinski definition) is 2. The van der Waals surface area contributed by atoms with Crippen LogP contribution in [0.4, 0.5) is 5.69 Å². The molecule has 2 aromatic rings. The molecule has 2 aromatic carbocycles. The van der Waals surface area contributed by atoms with Crippen LogP contribution in [0.25, 0.3) is 0 Å². The molecule has 0 bridgehead atoms. The van der Waals surface area contributed by atoms with Crippen LogP contribution in [0, 0.1) is 11.8 Å². The van der Waals surface area contributed by atoms with Crippen molar-refractivity contribution in [2.45, 2.75) is 51.7 Å². The highest BCUT2D eigenvalue weighted by molar-refractivity contribution is 5.45. The topological polar surface area (TPSA) is 29.1 Å². The molecule has 0 aliphatic carbocycles. The second-order valence-corrected chi connectivity index (χ2v) is 9.44. The molecular weight excluding hydrogens is 356 g/mol. The highest BCUT2D eigenvalue weighted by Crippen LogP contribution is 2.36. The number of nitrogens with zero attached hydrogens (tertiary/aromatic N) is 1. The Labute approximate surface area is 177 Å². The third-order valence-electron chi connectivity index (χ3n) is 6.32. The van der Waals surface area contributed by atoms with Gasteiger partial charge in [-0.15, -0.1) is 0 Å². The predicted molar refractivity (Wildman–Crippen MR) is 122 cm³/mol. The number of hydrogen-bond donors (Lipinski definition) is 1. The summed E-state index contributed by atoms with van der Waals surface area (Å²) in [6.45, 7) is 7.66. The number of rotatable bonds is 9. The van der Waals surface area contributed by atoms with Crippen LogP contribution in [-0.2, 0) is 17.7 Å². The van der Waals surface area contributed by atoms with Crippen molar-refractivity contribution in [2.24, 2.45) is 11.8 Å². The Hall–Kier alpha value is -1.84. The largest absolute Gasteiger partial charge is 0.378 e. The van der Waals surface area contributed by atoms with E-state index in [2.05, 4.69) is 92.8 Å². The van der Waals surface area contributed by atoms with Crippen molar-refractivity contribution in [2.75, 3.05) is 32.1 Å². The highest BCUT2D eigenvalue weighted by atomic mass is 16.5. The molecule has 3 rings (SSSR count). The monoisotopic (exact) mass is 395 g/mol. The average Bonchev–Trinajstić information content (AvgIpc) is 2.70. The number of anilines is 1. The molecule has 2 N–H and O–H groups in total. The normalized spacial score (nSPS) is 19.7. The fourth-order valence-corrected chi connectivity index (χ4v) is 4.63. The van der Waals surface area contributed by atoms with Crippen molar-refractivity contribution >= 4 is 5.69 Å². The van der Waals surface area contributed by atoms with Crippen LogP contribution in [0.5, 0.6) is 0 Å². The summed E-state index contributed by atoms with van der Waals surface area (Å²) < 4.78 is 5.99. The third-order valence-corrected chi connectivity index (χ3v) is 6.32. The fourth-order valence-electron chi connectivity index (χ4n) is 4.63. The predicted octanol–water partition coefficient (Wildman–Crippen LogP) is 4.27. The van der Waals surface area contributed by atoms with Gasteiger partial charge in [-0.1, -0.05) is 42.5 Å². The van der Waals surface area contributed by atoms with Gasteiger partial charge < -0.3 is 15.0 Å². The minimum atomic E-state index is 0.0236. The van der Waals surface area contributed by atoms with E-state index < -0.39 is 0 Å². The van der Waals surface area contributed by atoms with Gasteiger partial charge in [0.05, 0.1) is 12.1 Å². The summed E-state index contributed by atoms with van der Waals surface area (Å²) in [6.07, 6.45) is 4.84. The van der Waals surface area contributed by atoms with Gasteiger partial charge in [0.1, 0.15) is 6.54 Å². The van der Waals surface area contributed by atoms with E-state index in [-0.39, 0.29) is 5.60 Å². The van der Waals surface area contributed by atoms with Gasteiger partial charge in [-0.05, 0) is 69.1 Å². The lowest BCUT2D eigenvalue weighted by molar-refractivity contribution is -0.671. The fraction of sp³-hybridized carbons (Fsp3) is 0.538. The van der Waals surface area contributed by atoms with Gasteiger partial charge in [-0.2, -0.15) is 0 Å². The second-order valence-electron chi connectivity index (χ2n) is 9.44. The van der Waals surface area contributed by atoms with Crippen LogP contribution in [0.1, 0.15) is 44.2 Å². The van der Waals surface area contributed by atoms with Crippen LogP contribution in [0.2, 0.25) is 0 Å². The molecule has 0 spiro atoms. The highest BCUT2D eigenvalue weighted by Gasteiger charge is 2.33. The SMILES string of the molecule is CN(C)c1ccc(C[NH2+]CC[C@H](Cc2ccccc2)[C@@H]2CCOC(C)(C)C2)cc1. The first-order valence-corrected chi connectivity index (χ1v) is 11.2. The van der Waals surface area contributed by atoms with E-state index in [1.807, 2.05) is 0 Å². The summed E-state index contributed by atoms with van der Waals surface area (Å²) in [5.74, 6) is 1.49. The Bertz CT molecular complexity index is 724. The van der Waals surface area contributed by atoms with E-state index in [4.69, 9.17) is 4.74 Å². The first-order valence-electron chi connectivity index (χ1n) is 11.2. The van der Waals surface area contributed by atoms with Gasteiger partial charge in [-0.3, -0.25) is 0 Å². The maximum atomic E-state index is 5.99. The zero-order chi connectivity index (χ0) is 20.7. The first kappa shape index (κ1) is 21.9. The lowest BCUT2D eigenvalue weighted by Crippen LogP contribution is -2.82. The molecule has 29 heavy (non-hydrogen) atoms. The Kier molecular flexibility index (Phi) is 7.74. The Morgan fingerprint density at radius 3 is 2.41 bits per heavy atom. The molecule has 1 heterocycles.